The van der Waals surface area contributed by atoms with E-state index in [1.165, 1.54) is 19.2 Å². The SMILES string of the molecule is COc1cc(F)c(-c2ccc3c(c2)OC[C@H]3CC(=O)O)cc1C(=O)N[C@@H]1[C@H]2CC[C@H](C2)[C@@H]1C(=O)Nc1cccc(S(=O)(=O)C(F)(F)F)c1. The fourth-order valence-electron chi connectivity index (χ4n) is 7.15. The number of sulfone groups is 1. The van der Waals surface area contributed by atoms with Crippen molar-refractivity contribution in [3.8, 4) is 22.6 Å². The van der Waals surface area contributed by atoms with Crippen LogP contribution >= 0.6 is 0 Å². The first-order valence-electron chi connectivity index (χ1n) is 15.1. The number of ether oxygens (including phenoxy) is 2. The summed E-state index contributed by atoms with van der Waals surface area (Å²) in [7, 11) is -4.36. The maximum atomic E-state index is 15.4. The minimum Gasteiger partial charge on any atom is -0.496 e. The molecule has 0 unspecified atom stereocenters. The second-order valence-electron chi connectivity index (χ2n) is 12.2. The van der Waals surface area contributed by atoms with Gasteiger partial charge in [0.15, 0.2) is 0 Å². The lowest BCUT2D eigenvalue weighted by Gasteiger charge is -2.31. The molecule has 2 saturated carbocycles. The molecule has 0 saturated heterocycles. The van der Waals surface area contributed by atoms with E-state index in [0.717, 1.165) is 30.7 Å². The molecule has 3 N–H and O–H groups in total. The van der Waals surface area contributed by atoms with E-state index in [9.17, 15) is 41.1 Å². The molecule has 5 atom stereocenters. The topological polar surface area (TPSA) is 148 Å². The molecular weight excluding hydrogens is 660 g/mol. The first kappa shape index (κ1) is 33.2. The van der Waals surface area contributed by atoms with Gasteiger partial charge in [-0.15, -0.1) is 0 Å². The molecule has 2 aliphatic carbocycles. The minimum atomic E-state index is -5.64. The van der Waals surface area contributed by atoms with E-state index in [-0.39, 0.29) is 53.3 Å². The van der Waals surface area contributed by atoms with Gasteiger partial charge in [0.05, 0.1) is 36.5 Å². The number of hydrogen-bond donors (Lipinski definition) is 3. The highest BCUT2D eigenvalue weighted by atomic mass is 32.2. The molecule has 15 heteroatoms. The van der Waals surface area contributed by atoms with Crippen LogP contribution in [0.5, 0.6) is 11.5 Å². The van der Waals surface area contributed by atoms with Crippen molar-refractivity contribution in [3.05, 3.63) is 71.5 Å². The summed E-state index contributed by atoms with van der Waals surface area (Å²) in [5, 5.41) is 14.6. The van der Waals surface area contributed by atoms with Gasteiger partial charge in [-0.05, 0) is 67.0 Å². The maximum Gasteiger partial charge on any atom is 0.501 e. The summed E-state index contributed by atoms with van der Waals surface area (Å²) in [6.07, 6.45) is 1.91. The Hall–Kier alpha value is -4.66. The van der Waals surface area contributed by atoms with Crippen LogP contribution in [-0.2, 0) is 19.4 Å². The number of halogens is 4. The second kappa shape index (κ2) is 12.4. The first-order valence-corrected chi connectivity index (χ1v) is 16.6. The quantitative estimate of drug-likeness (QED) is 0.249. The lowest BCUT2D eigenvalue weighted by atomic mass is 9.83. The van der Waals surface area contributed by atoms with E-state index in [2.05, 4.69) is 10.6 Å². The third kappa shape index (κ3) is 6.06. The van der Waals surface area contributed by atoms with Crippen LogP contribution in [0.3, 0.4) is 0 Å². The Morgan fingerprint density at radius 1 is 1.04 bits per heavy atom. The van der Waals surface area contributed by atoms with Gasteiger partial charge in [0.25, 0.3) is 15.7 Å². The molecule has 3 aliphatic rings. The zero-order valence-electron chi connectivity index (χ0n) is 25.3. The summed E-state index contributed by atoms with van der Waals surface area (Å²) in [5.41, 5.74) is -4.55. The van der Waals surface area contributed by atoms with Crippen molar-refractivity contribution in [2.75, 3.05) is 19.0 Å². The Morgan fingerprint density at radius 2 is 1.79 bits per heavy atom. The average molecular weight is 691 g/mol. The summed E-state index contributed by atoms with van der Waals surface area (Å²) in [5.74, 6) is -3.85. The highest BCUT2D eigenvalue weighted by Crippen LogP contribution is 2.49. The molecule has 6 rings (SSSR count). The largest absolute Gasteiger partial charge is 0.501 e. The number of aliphatic carboxylic acids is 1. The average Bonchev–Trinajstić information content (AvgIpc) is 3.75. The molecule has 2 bridgehead atoms. The van der Waals surface area contributed by atoms with E-state index in [1.54, 1.807) is 18.2 Å². The number of amides is 2. The number of benzene rings is 3. The molecule has 0 aromatic heterocycles. The van der Waals surface area contributed by atoms with Crippen molar-refractivity contribution in [2.45, 2.75) is 48.0 Å². The van der Waals surface area contributed by atoms with Gasteiger partial charge in [0, 0.05) is 34.8 Å². The van der Waals surface area contributed by atoms with Gasteiger partial charge in [-0.1, -0.05) is 18.2 Å². The number of carbonyl (C=O) groups is 3. The number of alkyl halides is 3. The van der Waals surface area contributed by atoms with Crippen molar-refractivity contribution in [2.24, 2.45) is 17.8 Å². The van der Waals surface area contributed by atoms with Gasteiger partial charge >= 0.3 is 11.5 Å². The fraction of sp³-hybridized carbons (Fsp3) is 0.364. The van der Waals surface area contributed by atoms with E-state index >= 15 is 4.39 Å². The van der Waals surface area contributed by atoms with Crippen LogP contribution < -0.4 is 20.1 Å². The number of anilines is 1. The minimum absolute atomic E-state index is 0.00828. The number of hydrogen-bond acceptors (Lipinski definition) is 7. The van der Waals surface area contributed by atoms with Gasteiger partial charge < -0.3 is 25.2 Å². The predicted molar refractivity (Wildman–Crippen MR) is 163 cm³/mol. The van der Waals surface area contributed by atoms with Crippen LogP contribution in [0.15, 0.2) is 59.5 Å². The fourth-order valence-corrected chi connectivity index (χ4v) is 7.96. The van der Waals surface area contributed by atoms with Crippen molar-refractivity contribution in [1.82, 2.24) is 5.32 Å². The number of carboxylic acid groups (broad SMARTS) is 1. The Morgan fingerprint density at radius 3 is 2.50 bits per heavy atom. The Balaban J connectivity index is 1.24. The van der Waals surface area contributed by atoms with Crippen LogP contribution in [0, 0.1) is 23.6 Å². The summed E-state index contributed by atoms with van der Waals surface area (Å²) >= 11 is 0. The molecule has 1 aliphatic heterocycles. The Bertz CT molecular complexity index is 1920. The van der Waals surface area contributed by atoms with Crippen molar-refractivity contribution >= 4 is 33.3 Å². The lowest BCUT2D eigenvalue weighted by molar-refractivity contribution is -0.137. The van der Waals surface area contributed by atoms with Crippen LogP contribution in [-0.4, -0.2) is 56.6 Å². The second-order valence-corrected chi connectivity index (χ2v) is 14.2. The van der Waals surface area contributed by atoms with Crippen molar-refractivity contribution in [1.29, 1.82) is 0 Å². The summed E-state index contributed by atoms with van der Waals surface area (Å²) < 4.78 is 89.5. The molecule has 0 radical (unpaired) electrons. The zero-order chi connectivity index (χ0) is 34.5. The Kier molecular flexibility index (Phi) is 8.60. The molecule has 2 fully saturated rings. The number of carbonyl (C=O) groups excluding carboxylic acids is 2. The number of carboxylic acids is 1. The third-order valence-electron chi connectivity index (χ3n) is 9.39. The van der Waals surface area contributed by atoms with E-state index < -0.39 is 55.8 Å². The van der Waals surface area contributed by atoms with Crippen molar-refractivity contribution in [3.63, 3.8) is 0 Å². The van der Waals surface area contributed by atoms with Crippen LogP contribution in [0.25, 0.3) is 11.1 Å². The van der Waals surface area contributed by atoms with Crippen LogP contribution in [0.4, 0.5) is 23.2 Å². The highest BCUT2D eigenvalue weighted by Gasteiger charge is 2.52. The monoisotopic (exact) mass is 690 g/mol. The summed E-state index contributed by atoms with van der Waals surface area (Å²) in [4.78, 5) is 37.5. The smallest absolute Gasteiger partial charge is 0.496 e. The zero-order valence-corrected chi connectivity index (χ0v) is 26.2. The molecule has 1 heterocycles. The lowest BCUT2D eigenvalue weighted by Crippen LogP contribution is -2.48. The van der Waals surface area contributed by atoms with Gasteiger partial charge in [-0.3, -0.25) is 14.4 Å². The van der Waals surface area contributed by atoms with Crippen molar-refractivity contribution < 1.29 is 54.9 Å². The van der Waals surface area contributed by atoms with E-state index in [1.807, 2.05) is 0 Å². The van der Waals surface area contributed by atoms with Crippen LogP contribution in [0.2, 0.25) is 0 Å². The van der Waals surface area contributed by atoms with Gasteiger partial charge in [0.1, 0.15) is 17.3 Å². The molecule has 3 aromatic rings. The number of nitrogens with one attached hydrogen (secondary N) is 2. The normalized spacial score (nSPS) is 22.9. The Labute approximate surface area is 272 Å². The number of fused-ring (bicyclic) bond motifs is 3. The van der Waals surface area contributed by atoms with E-state index in [4.69, 9.17) is 9.47 Å². The predicted octanol–water partition coefficient (Wildman–Crippen LogP) is 5.53. The van der Waals surface area contributed by atoms with Gasteiger partial charge in [0.2, 0.25) is 5.91 Å². The summed E-state index contributed by atoms with van der Waals surface area (Å²) in [6, 6.07) is 10.5. The molecule has 10 nitrogen and oxygen atoms in total. The number of methoxy groups -OCH3 is 1. The molecule has 254 valence electrons. The maximum absolute atomic E-state index is 15.4. The molecule has 2 amide bonds. The number of rotatable bonds is 9. The molecule has 48 heavy (non-hydrogen) atoms. The van der Waals surface area contributed by atoms with Gasteiger partial charge in [-0.2, -0.15) is 13.2 Å². The highest BCUT2D eigenvalue weighted by molar-refractivity contribution is 7.92. The third-order valence-corrected chi connectivity index (χ3v) is 10.9. The van der Waals surface area contributed by atoms with Crippen LogP contribution in [0.1, 0.15) is 47.5 Å². The van der Waals surface area contributed by atoms with E-state index in [0.29, 0.717) is 29.7 Å². The standard InChI is InChI=1S/C33H30F4N2O8S/c1-46-26-14-25(34)23(16-7-8-22-19(11-28(40)41)15-47-27(22)10-16)13-24(26)31(42)39-30-18-6-5-17(9-18)29(30)32(43)38-20-3-2-4-21(12-20)48(44,45)33(35,36)37/h2-4,7-8,10,12-14,17-19,29-30H,5-6,9,11,15H2,1H3,(H,38,43)(H,39,42)(H,40,41)/t17-,18+,19-,29+,30-/m1/s1. The summed E-state index contributed by atoms with van der Waals surface area (Å²) in [6.45, 7) is 0.167. The van der Waals surface area contributed by atoms with Gasteiger partial charge in [-0.25, -0.2) is 12.8 Å². The first-order chi connectivity index (χ1) is 22.7. The molecule has 0 spiro atoms. The molecular formula is C33H30F4N2O8S. The molecule has 3 aromatic carbocycles.